The van der Waals surface area contributed by atoms with Crippen molar-refractivity contribution in [2.24, 2.45) is 4.99 Å². The summed E-state index contributed by atoms with van der Waals surface area (Å²) < 4.78 is 5.92. The molecule has 3 nitrogen and oxygen atoms in total. The number of amidine groups is 1. The summed E-state index contributed by atoms with van der Waals surface area (Å²) in [6.07, 6.45) is 0.123. The first kappa shape index (κ1) is 12.7. The lowest BCUT2D eigenvalue weighted by molar-refractivity contribution is 0.227. The van der Waals surface area contributed by atoms with Crippen LogP contribution in [0.15, 0.2) is 65.7 Å². The molecule has 1 aliphatic heterocycles. The lowest BCUT2D eigenvalue weighted by Crippen LogP contribution is -2.33. The molecule has 3 rings (SSSR count). The molecule has 2 aromatic carbocycles. The number of anilines is 1. The first-order valence-electron chi connectivity index (χ1n) is 6.90. The van der Waals surface area contributed by atoms with Crippen molar-refractivity contribution in [2.75, 3.05) is 4.90 Å². The molecule has 0 amide bonds. The number of para-hydroxylation sites is 2. The van der Waals surface area contributed by atoms with E-state index in [1.165, 1.54) is 0 Å². The molecule has 0 spiro atoms. The van der Waals surface area contributed by atoms with Crippen LogP contribution in [0.3, 0.4) is 0 Å². The summed E-state index contributed by atoms with van der Waals surface area (Å²) in [5, 5.41) is 0. The number of hydrogen-bond donors (Lipinski definition) is 0. The highest BCUT2D eigenvalue weighted by atomic mass is 16.5. The second-order valence-electron chi connectivity index (χ2n) is 5.00. The molecule has 0 N–H and O–H groups in total. The fourth-order valence-electron chi connectivity index (χ4n) is 2.33. The highest BCUT2D eigenvalue weighted by Gasteiger charge is 2.35. The standard InChI is InChI=1S/C17H18N2O/c1-13-14(2)20-17(18-15-9-5-3-6-10-15)19(13)16-11-7-4-8-12-16/h3-14H,1-2H3/t13-,14+/m1/s1. The van der Waals surface area contributed by atoms with Gasteiger partial charge in [0.25, 0.3) is 6.02 Å². The first-order chi connectivity index (χ1) is 9.75. The maximum Gasteiger partial charge on any atom is 0.297 e. The summed E-state index contributed by atoms with van der Waals surface area (Å²) in [7, 11) is 0. The van der Waals surface area contributed by atoms with Gasteiger partial charge in [-0.15, -0.1) is 0 Å². The molecule has 1 saturated heterocycles. The Morgan fingerprint density at radius 3 is 2.15 bits per heavy atom. The van der Waals surface area contributed by atoms with Crippen molar-refractivity contribution < 1.29 is 4.74 Å². The summed E-state index contributed by atoms with van der Waals surface area (Å²) in [5.74, 6) is 0. The molecule has 0 aromatic heterocycles. The van der Waals surface area contributed by atoms with Crippen LogP contribution in [0.2, 0.25) is 0 Å². The largest absolute Gasteiger partial charge is 0.459 e. The maximum absolute atomic E-state index is 5.92. The summed E-state index contributed by atoms with van der Waals surface area (Å²) >= 11 is 0. The highest BCUT2D eigenvalue weighted by Crippen LogP contribution is 2.28. The normalized spacial score (nSPS) is 23.9. The van der Waals surface area contributed by atoms with Gasteiger partial charge in [-0.1, -0.05) is 36.4 Å². The van der Waals surface area contributed by atoms with Crippen LogP contribution in [0, 0.1) is 0 Å². The Hall–Kier alpha value is -2.29. The van der Waals surface area contributed by atoms with Crippen molar-refractivity contribution in [1.29, 1.82) is 0 Å². The van der Waals surface area contributed by atoms with E-state index in [9.17, 15) is 0 Å². The molecule has 0 saturated carbocycles. The predicted molar refractivity (Wildman–Crippen MR) is 82.5 cm³/mol. The van der Waals surface area contributed by atoms with Crippen molar-refractivity contribution in [1.82, 2.24) is 0 Å². The zero-order valence-electron chi connectivity index (χ0n) is 11.7. The Morgan fingerprint density at radius 1 is 0.900 bits per heavy atom. The van der Waals surface area contributed by atoms with E-state index < -0.39 is 0 Å². The average molecular weight is 266 g/mol. The number of nitrogens with zero attached hydrogens (tertiary/aromatic N) is 2. The number of hydrogen-bond acceptors (Lipinski definition) is 2. The third-order valence-corrected chi connectivity index (χ3v) is 3.60. The van der Waals surface area contributed by atoms with E-state index in [4.69, 9.17) is 4.74 Å². The molecule has 0 aliphatic carbocycles. The second kappa shape index (κ2) is 5.37. The minimum Gasteiger partial charge on any atom is -0.459 e. The zero-order valence-corrected chi connectivity index (χ0v) is 11.7. The fraction of sp³-hybridized carbons (Fsp3) is 0.235. The molecular formula is C17H18N2O. The van der Waals surface area contributed by atoms with Crippen LogP contribution in [0.25, 0.3) is 0 Å². The van der Waals surface area contributed by atoms with Gasteiger partial charge in [0.1, 0.15) is 6.10 Å². The molecule has 102 valence electrons. The zero-order chi connectivity index (χ0) is 13.9. The van der Waals surface area contributed by atoms with E-state index in [2.05, 4.69) is 35.9 Å². The van der Waals surface area contributed by atoms with Gasteiger partial charge < -0.3 is 4.74 Å². The van der Waals surface area contributed by atoms with Crippen molar-refractivity contribution >= 4 is 17.4 Å². The summed E-state index contributed by atoms with van der Waals surface area (Å²) in [6.45, 7) is 4.24. The number of ether oxygens (including phenoxy) is 1. The molecule has 3 heteroatoms. The van der Waals surface area contributed by atoms with Crippen LogP contribution in [0.5, 0.6) is 0 Å². The Labute approximate surface area is 119 Å². The Kier molecular flexibility index (Phi) is 3.42. The van der Waals surface area contributed by atoms with Crippen molar-refractivity contribution in [3.63, 3.8) is 0 Å². The van der Waals surface area contributed by atoms with Crippen LogP contribution >= 0.6 is 0 Å². The van der Waals surface area contributed by atoms with E-state index in [0.717, 1.165) is 11.4 Å². The van der Waals surface area contributed by atoms with Gasteiger partial charge in [-0.25, -0.2) is 0 Å². The van der Waals surface area contributed by atoms with Gasteiger partial charge in [0.2, 0.25) is 0 Å². The SMILES string of the molecule is C[C@@H]1OC(=Nc2ccccc2)N(c2ccccc2)[C@@H]1C. The molecule has 0 bridgehead atoms. The van der Waals surface area contributed by atoms with Crippen LogP contribution < -0.4 is 4.90 Å². The minimum atomic E-state index is 0.123. The van der Waals surface area contributed by atoms with E-state index in [-0.39, 0.29) is 12.1 Å². The van der Waals surface area contributed by atoms with Crippen LogP contribution in [0.1, 0.15) is 13.8 Å². The van der Waals surface area contributed by atoms with E-state index in [1.54, 1.807) is 0 Å². The van der Waals surface area contributed by atoms with Gasteiger partial charge in [0.05, 0.1) is 11.7 Å². The fourth-order valence-corrected chi connectivity index (χ4v) is 2.33. The molecule has 0 unspecified atom stereocenters. The van der Waals surface area contributed by atoms with Crippen molar-refractivity contribution in [2.45, 2.75) is 26.0 Å². The summed E-state index contributed by atoms with van der Waals surface area (Å²) in [5.41, 5.74) is 2.02. The smallest absolute Gasteiger partial charge is 0.297 e. The Morgan fingerprint density at radius 2 is 1.50 bits per heavy atom. The third-order valence-electron chi connectivity index (χ3n) is 3.60. The quantitative estimate of drug-likeness (QED) is 0.821. The van der Waals surface area contributed by atoms with Gasteiger partial charge in [-0.3, -0.25) is 4.90 Å². The average Bonchev–Trinajstić information content (AvgIpc) is 2.76. The van der Waals surface area contributed by atoms with Gasteiger partial charge in [-0.05, 0) is 38.1 Å². The monoisotopic (exact) mass is 266 g/mol. The number of rotatable bonds is 2. The predicted octanol–water partition coefficient (Wildman–Crippen LogP) is 3.99. The van der Waals surface area contributed by atoms with Gasteiger partial charge in [0, 0.05) is 5.69 Å². The molecule has 1 heterocycles. The number of aliphatic imine (C=N–C) groups is 1. The topological polar surface area (TPSA) is 24.8 Å². The van der Waals surface area contributed by atoms with Crippen LogP contribution in [-0.2, 0) is 4.74 Å². The van der Waals surface area contributed by atoms with Crippen LogP contribution in [-0.4, -0.2) is 18.2 Å². The highest BCUT2D eigenvalue weighted by molar-refractivity contribution is 5.96. The Balaban J connectivity index is 1.99. The van der Waals surface area contributed by atoms with E-state index in [0.29, 0.717) is 6.02 Å². The summed E-state index contributed by atoms with van der Waals surface area (Å²) in [6, 6.07) is 21.1. The molecule has 2 aromatic rings. The second-order valence-corrected chi connectivity index (χ2v) is 5.00. The van der Waals surface area contributed by atoms with E-state index in [1.807, 2.05) is 48.5 Å². The number of benzene rings is 2. The molecule has 20 heavy (non-hydrogen) atoms. The molecule has 2 atom stereocenters. The minimum absolute atomic E-state index is 0.123. The van der Waals surface area contributed by atoms with E-state index >= 15 is 0 Å². The van der Waals surface area contributed by atoms with Gasteiger partial charge in [0.15, 0.2) is 0 Å². The van der Waals surface area contributed by atoms with Crippen molar-refractivity contribution in [3.05, 3.63) is 60.7 Å². The Bertz CT molecular complexity index is 595. The molecular weight excluding hydrogens is 248 g/mol. The first-order valence-corrected chi connectivity index (χ1v) is 6.90. The van der Waals surface area contributed by atoms with Gasteiger partial charge >= 0.3 is 0 Å². The third kappa shape index (κ3) is 2.39. The van der Waals surface area contributed by atoms with Gasteiger partial charge in [-0.2, -0.15) is 4.99 Å². The molecule has 1 aliphatic rings. The summed E-state index contributed by atoms with van der Waals surface area (Å²) in [4.78, 5) is 6.79. The maximum atomic E-state index is 5.92. The van der Waals surface area contributed by atoms with Crippen molar-refractivity contribution in [3.8, 4) is 0 Å². The lowest BCUT2D eigenvalue weighted by atomic mass is 10.2. The molecule has 0 radical (unpaired) electrons. The van der Waals surface area contributed by atoms with Crippen LogP contribution in [0.4, 0.5) is 11.4 Å². The molecule has 1 fully saturated rings. The lowest BCUT2D eigenvalue weighted by Gasteiger charge is -2.21.